The van der Waals surface area contributed by atoms with Crippen LogP contribution in [0.25, 0.3) is 11.3 Å². The molecule has 0 aliphatic carbocycles. The third-order valence-electron chi connectivity index (χ3n) is 7.76. The highest BCUT2D eigenvalue weighted by molar-refractivity contribution is 6.35. The maximum atomic E-state index is 11.1. The molecule has 5 rings (SSSR count). The molecule has 0 spiro atoms. The second-order valence-corrected chi connectivity index (χ2v) is 11.8. The number of carboxylic acid groups (broad SMARTS) is 1. The molecule has 0 saturated carbocycles. The molecule has 0 amide bonds. The van der Waals surface area contributed by atoms with Crippen molar-refractivity contribution >= 4 is 35.1 Å². The van der Waals surface area contributed by atoms with Gasteiger partial charge in [0, 0.05) is 60.3 Å². The standard InChI is InChI=1S/C30H36Cl2N6O4/c31-23-14-22(15-24(32)16-23)27-11-21(19-37-6-1-20(2-7-37)13-29(40)41)12-28(36-27)42-26-17-34-30(35-18-26)38-8-3-25(4-9-38)33-5-10-39/h11-12,14-18,20,25,33,39H,1-10,13,19H2,(H,40,41). The number of carbonyl (C=O) groups is 1. The number of ether oxygens (including phenoxy) is 1. The molecule has 0 radical (unpaired) electrons. The molecule has 2 saturated heterocycles. The van der Waals surface area contributed by atoms with Gasteiger partial charge in [0.15, 0.2) is 5.75 Å². The Balaban J connectivity index is 1.30. The zero-order valence-electron chi connectivity index (χ0n) is 23.4. The topological polar surface area (TPSA) is 124 Å². The zero-order chi connectivity index (χ0) is 29.5. The Kier molecular flexibility index (Phi) is 10.5. The molecular weight excluding hydrogens is 579 g/mol. The van der Waals surface area contributed by atoms with E-state index in [2.05, 4.69) is 25.1 Å². The van der Waals surface area contributed by atoms with E-state index in [-0.39, 0.29) is 18.9 Å². The predicted molar refractivity (Wildman–Crippen MR) is 162 cm³/mol. The fourth-order valence-corrected chi connectivity index (χ4v) is 6.13. The lowest BCUT2D eigenvalue weighted by Gasteiger charge is -2.32. The average Bonchev–Trinajstić information content (AvgIpc) is 2.97. The van der Waals surface area contributed by atoms with Gasteiger partial charge in [-0.25, -0.2) is 15.0 Å². The summed E-state index contributed by atoms with van der Waals surface area (Å²) in [6.07, 6.45) is 7.20. The summed E-state index contributed by atoms with van der Waals surface area (Å²) in [7, 11) is 0. The molecule has 1 aromatic carbocycles. The normalized spacial score (nSPS) is 17.0. The quantitative estimate of drug-likeness (QED) is 0.275. The second-order valence-electron chi connectivity index (χ2n) is 10.9. The SMILES string of the molecule is O=C(O)CC1CCN(Cc2cc(Oc3cnc(N4CCC(NCCO)CC4)nc3)nc(-c3cc(Cl)cc(Cl)c3)c2)CC1. The molecule has 3 N–H and O–H groups in total. The highest BCUT2D eigenvalue weighted by Gasteiger charge is 2.23. The van der Waals surface area contributed by atoms with Gasteiger partial charge in [-0.3, -0.25) is 9.69 Å². The van der Waals surface area contributed by atoms with Crippen LogP contribution in [0.1, 0.15) is 37.7 Å². The molecule has 2 aliphatic heterocycles. The van der Waals surface area contributed by atoms with E-state index in [1.807, 2.05) is 24.3 Å². The Hall–Kier alpha value is -3.02. The van der Waals surface area contributed by atoms with Gasteiger partial charge >= 0.3 is 5.97 Å². The lowest BCUT2D eigenvalue weighted by molar-refractivity contribution is -0.138. The van der Waals surface area contributed by atoms with Crippen molar-refractivity contribution in [3.8, 4) is 22.9 Å². The number of aliphatic carboxylic acids is 1. The predicted octanol–water partition coefficient (Wildman–Crippen LogP) is 4.88. The van der Waals surface area contributed by atoms with Crippen molar-refractivity contribution in [1.82, 2.24) is 25.2 Å². The van der Waals surface area contributed by atoms with E-state index in [0.29, 0.717) is 52.4 Å². The molecule has 2 aromatic heterocycles. The fraction of sp³-hybridized carbons (Fsp3) is 0.467. The van der Waals surface area contributed by atoms with Crippen LogP contribution in [0.4, 0.5) is 5.95 Å². The van der Waals surface area contributed by atoms with Gasteiger partial charge in [0.1, 0.15) is 0 Å². The number of pyridine rings is 1. The number of aliphatic hydroxyl groups excluding tert-OH is 1. The molecule has 0 unspecified atom stereocenters. The van der Waals surface area contributed by atoms with E-state index in [1.165, 1.54) is 0 Å². The minimum absolute atomic E-state index is 0.143. The van der Waals surface area contributed by atoms with Gasteiger partial charge in [-0.1, -0.05) is 23.2 Å². The van der Waals surface area contributed by atoms with E-state index < -0.39 is 5.97 Å². The number of nitrogens with one attached hydrogen (secondary N) is 1. The summed E-state index contributed by atoms with van der Waals surface area (Å²) in [4.78, 5) is 29.4. The van der Waals surface area contributed by atoms with Crippen molar-refractivity contribution in [1.29, 1.82) is 0 Å². The summed E-state index contributed by atoms with van der Waals surface area (Å²) in [5.74, 6) is 1.03. The molecule has 42 heavy (non-hydrogen) atoms. The molecule has 2 aliphatic rings. The number of benzene rings is 1. The molecule has 0 atom stereocenters. The van der Waals surface area contributed by atoms with Crippen LogP contribution >= 0.6 is 23.2 Å². The third kappa shape index (κ3) is 8.52. The van der Waals surface area contributed by atoms with E-state index in [9.17, 15) is 4.79 Å². The van der Waals surface area contributed by atoms with Crippen molar-refractivity contribution < 1.29 is 19.7 Å². The molecule has 224 valence electrons. The Morgan fingerprint density at radius 1 is 0.976 bits per heavy atom. The Morgan fingerprint density at radius 2 is 1.67 bits per heavy atom. The monoisotopic (exact) mass is 614 g/mol. The fourth-order valence-electron chi connectivity index (χ4n) is 5.60. The molecule has 12 heteroatoms. The number of halogens is 2. The van der Waals surface area contributed by atoms with Crippen molar-refractivity contribution in [2.75, 3.05) is 44.2 Å². The number of likely N-dealkylation sites (tertiary alicyclic amines) is 1. The third-order valence-corrected chi connectivity index (χ3v) is 8.19. The van der Waals surface area contributed by atoms with Gasteiger partial charge in [0.2, 0.25) is 11.8 Å². The number of piperidine rings is 2. The summed E-state index contributed by atoms with van der Waals surface area (Å²) in [6.45, 7) is 4.78. The zero-order valence-corrected chi connectivity index (χ0v) is 24.9. The van der Waals surface area contributed by atoms with Gasteiger partial charge in [-0.05, 0) is 74.5 Å². The number of nitrogens with zero attached hydrogens (tertiary/aromatic N) is 5. The van der Waals surface area contributed by atoms with Crippen molar-refractivity contribution in [2.24, 2.45) is 5.92 Å². The first-order valence-electron chi connectivity index (χ1n) is 14.4. The highest BCUT2D eigenvalue weighted by atomic mass is 35.5. The summed E-state index contributed by atoms with van der Waals surface area (Å²) in [5, 5.41) is 22.6. The van der Waals surface area contributed by atoms with Crippen LogP contribution in [-0.2, 0) is 11.3 Å². The Labute approximate surface area is 255 Å². The van der Waals surface area contributed by atoms with Crippen molar-refractivity contribution in [3.63, 3.8) is 0 Å². The maximum Gasteiger partial charge on any atom is 0.303 e. The summed E-state index contributed by atoms with van der Waals surface area (Å²) in [6, 6.07) is 9.65. The first-order valence-corrected chi connectivity index (χ1v) is 15.1. The number of hydrogen-bond acceptors (Lipinski definition) is 9. The number of hydrogen-bond donors (Lipinski definition) is 3. The maximum absolute atomic E-state index is 11.1. The van der Waals surface area contributed by atoms with Crippen LogP contribution < -0.4 is 15.0 Å². The summed E-state index contributed by atoms with van der Waals surface area (Å²) in [5.41, 5.74) is 2.48. The van der Waals surface area contributed by atoms with Crippen LogP contribution in [0.3, 0.4) is 0 Å². The molecule has 0 bridgehead atoms. The van der Waals surface area contributed by atoms with Crippen LogP contribution in [0.5, 0.6) is 11.6 Å². The minimum Gasteiger partial charge on any atom is -0.481 e. The largest absolute Gasteiger partial charge is 0.481 e. The van der Waals surface area contributed by atoms with Gasteiger partial charge in [-0.15, -0.1) is 0 Å². The number of aliphatic hydroxyl groups is 1. The van der Waals surface area contributed by atoms with Crippen LogP contribution in [0.15, 0.2) is 42.7 Å². The minimum atomic E-state index is -0.734. The Morgan fingerprint density at radius 3 is 2.31 bits per heavy atom. The van der Waals surface area contributed by atoms with Crippen LogP contribution in [0, 0.1) is 5.92 Å². The van der Waals surface area contributed by atoms with Crippen molar-refractivity contribution in [3.05, 3.63) is 58.3 Å². The Bertz CT molecular complexity index is 1330. The van der Waals surface area contributed by atoms with E-state index >= 15 is 0 Å². The lowest BCUT2D eigenvalue weighted by Crippen LogP contribution is -2.43. The molecule has 2 fully saturated rings. The molecule has 4 heterocycles. The highest BCUT2D eigenvalue weighted by Crippen LogP contribution is 2.31. The first kappa shape index (κ1) is 30.4. The number of anilines is 1. The smallest absolute Gasteiger partial charge is 0.303 e. The van der Waals surface area contributed by atoms with Gasteiger partial charge in [-0.2, -0.15) is 0 Å². The summed E-state index contributed by atoms with van der Waals surface area (Å²) >= 11 is 12.6. The van der Waals surface area contributed by atoms with E-state index in [1.54, 1.807) is 18.5 Å². The van der Waals surface area contributed by atoms with Crippen LogP contribution in [-0.4, -0.2) is 81.4 Å². The van der Waals surface area contributed by atoms with E-state index in [0.717, 1.165) is 63.0 Å². The molecule has 3 aromatic rings. The number of aromatic nitrogens is 3. The number of rotatable bonds is 11. The molecular formula is C30H36Cl2N6O4. The van der Waals surface area contributed by atoms with Gasteiger partial charge in [0.05, 0.1) is 24.7 Å². The van der Waals surface area contributed by atoms with E-state index in [4.69, 9.17) is 43.1 Å². The second kappa shape index (κ2) is 14.4. The molecule has 10 nitrogen and oxygen atoms in total. The van der Waals surface area contributed by atoms with Crippen LogP contribution in [0.2, 0.25) is 10.0 Å². The van der Waals surface area contributed by atoms with Gasteiger partial charge < -0.3 is 25.2 Å². The lowest BCUT2D eigenvalue weighted by atomic mass is 9.93. The van der Waals surface area contributed by atoms with Crippen molar-refractivity contribution in [2.45, 2.75) is 44.7 Å². The average molecular weight is 616 g/mol. The first-order chi connectivity index (χ1) is 20.3. The number of carboxylic acids is 1. The van der Waals surface area contributed by atoms with Gasteiger partial charge in [0.25, 0.3) is 0 Å². The summed E-state index contributed by atoms with van der Waals surface area (Å²) < 4.78 is 6.16.